The van der Waals surface area contributed by atoms with Crippen molar-refractivity contribution in [3.05, 3.63) is 12.0 Å². The Labute approximate surface area is 93.3 Å². The number of aromatic nitrogens is 2. The van der Waals surface area contributed by atoms with Gasteiger partial charge in [-0.05, 0) is 13.8 Å². The number of nitrogens with two attached hydrogens (primary N) is 1. The first-order valence-electron chi connectivity index (χ1n) is 4.76. The van der Waals surface area contributed by atoms with E-state index in [0.29, 0.717) is 0 Å². The third kappa shape index (κ3) is 2.37. The van der Waals surface area contributed by atoms with E-state index in [9.17, 15) is 9.50 Å². The van der Waals surface area contributed by atoms with Gasteiger partial charge in [0, 0.05) is 7.05 Å². The average Bonchev–Trinajstić information content (AvgIpc) is 2.29. The van der Waals surface area contributed by atoms with E-state index in [1.54, 1.807) is 20.9 Å². The standard InChI is InChI=1S/C9H16FN5O/c1-9(2,5-16)15(3)7-6(10)4-12-8(13-7)14-11/h4,16H,5,11H2,1-3H3,(H,12,13,14). The van der Waals surface area contributed by atoms with Crippen molar-refractivity contribution >= 4 is 11.8 Å². The number of halogens is 1. The molecular weight excluding hydrogens is 213 g/mol. The Balaban J connectivity index is 3.11. The zero-order valence-corrected chi connectivity index (χ0v) is 9.53. The summed E-state index contributed by atoms with van der Waals surface area (Å²) in [4.78, 5) is 9.07. The van der Waals surface area contributed by atoms with E-state index in [4.69, 9.17) is 5.84 Å². The fraction of sp³-hybridized carbons (Fsp3) is 0.556. The Hall–Kier alpha value is -1.47. The molecule has 4 N–H and O–H groups in total. The van der Waals surface area contributed by atoms with Crippen LogP contribution in [0.2, 0.25) is 0 Å². The molecule has 0 aliphatic heterocycles. The first kappa shape index (κ1) is 12.6. The fourth-order valence-corrected chi connectivity index (χ4v) is 1.06. The van der Waals surface area contributed by atoms with E-state index in [0.717, 1.165) is 6.20 Å². The molecule has 1 heterocycles. The van der Waals surface area contributed by atoms with Gasteiger partial charge in [-0.1, -0.05) is 0 Å². The minimum absolute atomic E-state index is 0.0852. The van der Waals surface area contributed by atoms with Gasteiger partial charge in [0.1, 0.15) is 0 Å². The Bertz CT molecular complexity index is 371. The van der Waals surface area contributed by atoms with Crippen LogP contribution in [0, 0.1) is 5.82 Å². The Kier molecular flexibility index (Phi) is 3.61. The summed E-state index contributed by atoms with van der Waals surface area (Å²) in [6.07, 6.45) is 1.03. The Morgan fingerprint density at radius 1 is 1.62 bits per heavy atom. The van der Waals surface area contributed by atoms with Gasteiger partial charge < -0.3 is 10.0 Å². The largest absolute Gasteiger partial charge is 0.394 e. The molecule has 0 bridgehead atoms. The number of aliphatic hydroxyl groups is 1. The van der Waals surface area contributed by atoms with Crippen LogP contribution in [0.5, 0.6) is 0 Å². The molecule has 1 rings (SSSR count). The second-order valence-electron chi connectivity index (χ2n) is 4.04. The molecule has 0 saturated carbocycles. The smallest absolute Gasteiger partial charge is 0.239 e. The molecule has 1 aromatic rings. The number of hydrazine groups is 1. The van der Waals surface area contributed by atoms with Gasteiger partial charge in [0.05, 0.1) is 18.3 Å². The molecule has 0 radical (unpaired) electrons. The SMILES string of the molecule is CN(c1nc(NN)ncc1F)C(C)(C)CO. The lowest BCUT2D eigenvalue weighted by atomic mass is 10.1. The third-order valence-electron chi connectivity index (χ3n) is 2.47. The van der Waals surface area contributed by atoms with Crippen LogP contribution in [0.25, 0.3) is 0 Å². The average molecular weight is 229 g/mol. The second kappa shape index (κ2) is 4.58. The molecule has 1 aromatic heterocycles. The molecule has 0 atom stereocenters. The lowest BCUT2D eigenvalue weighted by Crippen LogP contribution is -2.45. The predicted octanol–water partition coefficient (Wildman–Crippen LogP) is 0.108. The second-order valence-corrected chi connectivity index (χ2v) is 4.04. The first-order valence-corrected chi connectivity index (χ1v) is 4.76. The van der Waals surface area contributed by atoms with Crippen LogP contribution < -0.4 is 16.2 Å². The van der Waals surface area contributed by atoms with Gasteiger partial charge in [-0.3, -0.25) is 5.43 Å². The molecule has 90 valence electrons. The molecule has 6 nitrogen and oxygen atoms in total. The molecule has 0 aliphatic rings. The highest BCUT2D eigenvalue weighted by Crippen LogP contribution is 2.23. The van der Waals surface area contributed by atoms with Gasteiger partial charge in [-0.15, -0.1) is 0 Å². The van der Waals surface area contributed by atoms with Crippen LogP contribution in [-0.2, 0) is 0 Å². The number of nitrogens with zero attached hydrogens (tertiary/aromatic N) is 3. The van der Waals surface area contributed by atoms with Crippen molar-refractivity contribution < 1.29 is 9.50 Å². The van der Waals surface area contributed by atoms with Crippen molar-refractivity contribution in [1.29, 1.82) is 0 Å². The lowest BCUT2D eigenvalue weighted by Gasteiger charge is -2.34. The number of hydrogen-bond donors (Lipinski definition) is 3. The molecule has 0 aromatic carbocycles. The van der Waals surface area contributed by atoms with E-state index in [2.05, 4.69) is 15.4 Å². The first-order chi connectivity index (χ1) is 7.42. The van der Waals surface area contributed by atoms with Crippen LogP contribution in [0.15, 0.2) is 6.20 Å². The van der Waals surface area contributed by atoms with Crippen LogP contribution in [0.1, 0.15) is 13.8 Å². The van der Waals surface area contributed by atoms with Crippen molar-refractivity contribution in [2.24, 2.45) is 5.84 Å². The number of nitrogen functional groups attached to an aromatic ring is 1. The van der Waals surface area contributed by atoms with Crippen molar-refractivity contribution in [2.75, 3.05) is 24.0 Å². The maximum absolute atomic E-state index is 13.5. The third-order valence-corrected chi connectivity index (χ3v) is 2.47. The molecule has 7 heteroatoms. The van der Waals surface area contributed by atoms with E-state index < -0.39 is 11.4 Å². The summed E-state index contributed by atoms with van der Waals surface area (Å²) in [6, 6.07) is 0. The van der Waals surface area contributed by atoms with Crippen molar-refractivity contribution in [3.63, 3.8) is 0 Å². The number of hydrogen-bond acceptors (Lipinski definition) is 6. The number of rotatable bonds is 4. The lowest BCUT2D eigenvalue weighted by molar-refractivity contribution is 0.215. The number of nitrogens with one attached hydrogen (secondary N) is 1. The fourth-order valence-electron chi connectivity index (χ4n) is 1.06. The zero-order valence-electron chi connectivity index (χ0n) is 9.53. The molecular formula is C9H16FN5O. The van der Waals surface area contributed by atoms with Gasteiger partial charge in [0.2, 0.25) is 5.95 Å². The van der Waals surface area contributed by atoms with Gasteiger partial charge in [0.25, 0.3) is 0 Å². The summed E-state index contributed by atoms with van der Waals surface area (Å²) < 4.78 is 13.5. The van der Waals surface area contributed by atoms with Gasteiger partial charge in [-0.25, -0.2) is 15.2 Å². The summed E-state index contributed by atoms with van der Waals surface area (Å²) in [6.45, 7) is 3.41. The van der Waals surface area contributed by atoms with Crippen molar-refractivity contribution in [2.45, 2.75) is 19.4 Å². The van der Waals surface area contributed by atoms with E-state index in [1.807, 2.05) is 0 Å². The quantitative estimate of drug-likeness (QED) is 0.501. The Morgan fingerprint density at radius 3 is 2.75 bits per heavy atom. The summed E-state index contributed by atoms with van der Waals surface area (Å²) in [5, 5.41) is 9.20. The minimum atomic E-state index is -0.624. The van der Waals surface area contributed by atoms with Crippen molar-refractivity contribution in [3.8, 4) is 0 Å². The highest BCUT2D eigenvalue weighted by atomic mass is 19.1. The highest BCUT2D eigenvalue weighted by molar-refractivity contribution is 5.45. The van der Waals surface area contributed by atoms with Crippen LogP contribution in [0.3, 0.4) is 0 Å². The molecule has 16 heavy (non-hydrogen) atoms. The van der Waals surface area contributed by atoms with Gasteiger partial charge in [0.15, 0.2) is 11.6 Å². The summed E-state index contributed by atoms with van der Waals surface area (Å²) in [5.74, 6) is 4.79. The molecule has 0 saturated heterocycles. The molecule has 0 spiro atoms. The number of anilines is 2. The van der Waals surface area contributed by atoms with E-state index in [1.165, 1.54) is 4.90 Å². The monoisotopic (exact) mass is 229 g/mol. The number of aliphatic hydroxyl groups excluding tert-OH is 1. The summed E-state index contributed by atoms with van der Waals surface area (Å²) in [5.41, 5.74) is 1.62. The summed E-state index contributed by atoms with van der Waals surface area (Å²) >= 11 is 0. The van der Waals surface area contributed by atoms with E-state index in [-0.39, 0.29) is 18.4 Å². The maximum atomic E-state index is 13.5. The summed E-state index contributed by atoms with van der Waals surface area (Å²) in [7, 11) is 1.64. The molecule has 0 fully saturated rings. The zero-order chi connectivity index (χ0) is 12.3. The minimum Gasteiger partial charge on any atom is -0.394 e. The molecule has 0 unspecified atom stereocenters. The normalized spacial score (nSPS) is 11.4. The van der Waals surface area contributed by atoms with Crippen LogP contribution in [0.4, 0.5) is 16.2 Å². The maximum Gasteiger partial charge on any atom is 0.239 e. The topological polar surface area (TPSA) is 87.3 Å². The van der Waals surface area contributed by atoms with Crippen LogP contribution in [-0.4, -0.2) is 34.3 Å². The molecule has 0 amide bonds. The van der Waals surface area contributed by atoms with Crippen LogP contribution >= 0.6 is 0 Å². The van der Waals surface area contributed by atoms with Gasteiger partial charge in [-0.2, -0.15) is 4.98 Å². The molecule has 0 aliphatic carbocycles. The van der Waals surface area contributed by atoms with E-state index >= 15 is 0 Å². The number of likely N-dealkylation sites (N-methyl/N-ethyl adjacent to an activating group) is 1. The van der Waals surface area contributed by atoms with Crippen molar-refractivity contribution in [1.82, 2.24) is 9.97 Å². The Morgan fingerprint density at radius 2 is 2.25 bits per heavy atom. The highest BCUT2D eigenvalue weighted by Gasteiger charge is 2.26. The predicted molar refractivity (Wildman–Crippen MR) is 59.4 cm³/mol. The van der Waals surface area contributed by atoms with Gasteiger partial charge >= 0.3 is 0 Å².